The summed E-state index contributed by atoms with van der Waals surface area (Å²) in [6.07, 6.45) is 5.46. The van der Waals surface area contributed by atoms with Crippen LogP contribution in [-0.4, -0.2) is 35.5 Å². The molecule has 4 nitrogen and oxygen atoms in total. The Bertz CT molecular complexity index is 240. The van der Waals surface area contributed by atoms with Crippen molar-refractivity contribution >= 4 is 5.91 Å². The summed E-state index contributed by atoms with van der Waals surface area (Å²) in [6.45, 7) is 6.19. The maximum atomic E-state index is 11.1. The molecule has 2 unspecified atom stereocenters. The van der Waals surface area contributed by atoms with E-state index in [0.29, 0.717) is 6.42 Å². The lowest BCUT2D eigenvalue weighted by atomic mass is 9.96. The number of nitrogens with two attached hydrogens (primary N) is 2. The highest BCUT2D eigenvalue weighted by Gasteiger charge is 2.27. The zero-order valence-corrected chi connectivity index (χ0v) is 10.5. The topological polar surface area (TPSA) is 72.3 Å². The molecular formula is C12H25N3O. The van der Waals surface area contributed by atoms with E-state index < -0.39 is 11.4 Å². The zero-order chi connectivity index (χ0) is 12.2. The highest BCUT2D eigenvalue weighted by atomic mass is 16.1. The van der Waals surface area contributed by atoms with Crippen LogP contribution in [0.15, 0.2) is 0 Å². The van der Waals surface area contributed by atoms with Crippen molar-refractivity contribution in [1.29, 1.82) is 0 Å². The van der Waals surface area contributed by atoms with Gasteiger partial charge in [0.2, 0.25) is 5.91 Å². The number of carbonyl (C=O) groups excluding carboxylic acids is 1. The van der Waals surface area contributed by atoms with E-state index in [-0.39, 0.29) is 0 Å². The van der Waals surface area contributed by atoms with Crippen molar-refractivity contribution in [3.8, 4) is 0 Å². The van der Waals surface area contributed by atoms with Crippen molar-refractivity contribution in [3.63, 3.8) is 0 Å². The number of amides is 1. The number of primary amides is 1. The minimum atomic E-state index is -0.846. The van der Waals surface area contributed by atoms with Gasteiger partial charge >= 0.3 is 0 Å². The number of carbonyl (C=O) groups is 1. The fraction of sp³-hybridized carbons (Fsp3) is 0.917. The van der Waals surface area contributed by atoms with Gasteiger partial charge in [-0.3, -0.25) is 4.79 Å². The van der Waals surface area contributed by atoms with Crippen LogP contribution in [0.4, 0.5) is 0 Å². The van der Waals surface area contributed by atoms with Gasteiger partial charge in [0.15, 0.2) is 0 Å². The number of likely N-dealkylation sites (tertiary alicyclic amines) is 1. The van der Waals surface area contributed by atoms with E-state index in [1.54, 1.807) is 6.92 Å². The first-order chi connectivity index (χ1) is 7.47. The number of hydrogen-bond donors (Lipinski definition) is 2. The second kappa shape index (κ2) is 5.64. The van der Waals surface area contributed by atoms with Crippen LogP contribution in [0.5, 0.6) is 0 Å². The standard InChI is InChI=1S/C12H25N3O/c1-3-10-6-4-8-15(10)9-5-7-12(2,14)11(13)16/h10H,3-9,14H2,1-2H3,(H2,13,16). The zero-order valence-electron chi connectivity index (χ0n) is 10.5. The third-order valence-corrected chi connectivity index (χ3v) is 3.67. The van der Waals surface area contributed by atoms with Crippen LogP contribution in [0.3, 0.4) is 0 Å². The molecule has 0 aromatic heterocycles. The molecular weight excluding hydrogens is 202 g/mol. The monoisotopic (exact) mass is 227 g/mol. The van der Waals surface area contributed by atoms with E-state index in [9.17, 15) is 4.79 Å². The second-order valence-corrected chi connectivity index (χ2v) is 5.13. The maximum Gasteiger partial charge on any atom is 0.237 e. The predicted octanol–water partition coefficient (Wildman–Crippen LogP) is 0.844. The Labute approximate surface area is 98.3 Å². The molecule has 1 fully saturated rings. The van der Waals surface area contributed by atoms with Gasteiger partial charge in [0, 0.05) is 6.04 Å². The van der Waals surface area contributed by atoms with Crippen LogP contribution in [0, 0.1) is 0 Å². The van der Waals surface area contributed by atoms with E-state index in [2.05, 4.69) is 11.8 Å². The molecule has 2 atom stereocenters. The van der Waals surface area contributed by atoms with Crippen molar-refractivity contribution in [1.82, 2.24) is 4.90 Å². The maximum absolute atomic E-state index is 11.1. The smallest absolute Gasteiger partial charge is 0.237 e. The van der Waals surface area contributed by atoms with Gasteiger partial charge in [-0.1, -0.05) is 6.92 Å². The van der Waals surface area contributed by atoms with Crippen molar-refractivity contribution in [2.45, 2.75) is 57.5 Å². The van der Waals surface area contributed by atoms with Gasteiger partial charge in [-0.05, 0) is 52.1 Å². The van der Waals surface area contributed by atoms with Crippen LogP contribution in [-0.2, 0) is 4.79 Å². The highest BCUT2D eigenvalue weighted by molar-refractivity contribution is 5.83. The van der Waals surface area contributed by atoms with Gasteiger partial charge in [-0.2, -0.15) is 0 Å². The molecule has 4 N–H and O–H groups in total. The van der Waals surface area contributed by atoms with Gasteiger partial charge in [0.1, 0.15) is 0 Å². The van der Waals surface area contributed by atoms with Gasteiger partial charge in [-0.25, -0.2) is 0 Å². The summed E-state index contributed by atoms with van der Waals surface area (Å²) >= 11 is 0. The summed E-state index contributed by atoms with van der Waals surface area (Å²) in [5.41, 5.74) is 10.2. The molecule has 16 heavy (non-hydrogen) atoms. The van der Waals surface area contributed by atoms with E-state index in [1.807, 2.05) is 0 Å². The Balaban J connectivity index is 2.27. The Kier molecular flexibility index (Phi) is 4.74. The van der Waals surface area contributed by atoms with Gasteiger partial charge in [-0.15, -0.1) is 0 Å². The Morgan fingerprint density at radius 1 is 1.56 bits per heavy atom. The molecule has 0 radical (unpaired) electrons. The molecule has 1 heterocycles. The van der Waals surface area contributed by atoms with Crippen LogP contribution >= 0.6 is 0 Å². The summed E-state index contributed by atoms with van der Waals surface area (Å²) in [5.74, 6) is -0.402. The number of hydrogen-bond acceptors (Lipinski definition) is 3. The lowest BCUT2D eigenvalue weighted by molar-refractivity contribution is -0.122. The molecule has 1 aliphatic heterocycles. The fourth-order valence-corrected chi connectivity index (χ4v) is 2.42. The average Bonchev–Trinajstić information content (AvgIpc) is 2.64. The molecule has 4 heteroatoms. The van der Waals surface area contributed by atoms with Crippen LogP contribution in [0.2, 0.25) is 0 Å². The molecule has 0 aromatic carbocycles. The molecule has 1 saturated heterocycles. The van der Waals surface area contributed by atoms with Gasteiger partial charge < -0.3 is 16.4 Å². The van der Waals surface area contributed by atoms with Crippen LogP contribution < -0.4 is 11.5 Å². The first-order valence-electron chi connectivity index (χ1n) is 6.30. The molecule has 0 saturated carbocycles. The molecule has 0 aromatic rings. The molecule has 1 rings (SSSR count). The summed E-state index contributed by atoms with van der Waals surface area (Å²) in [7, 11) is 0. The Hall–Kier alpha value is -0.610. The quantitative estimate of drug-likeness (QED) is 0.706. The third kappa shape index (κ3) is 3.46. The van der Waals surface area contributed by atoms with Gasteiger partial charge in [0.25, 0.3) is 0 Å². The molecule has 1 amide bonds. The lowest BCUT2D eigenvalue weighted by Crippen LogP contribution is -2.49. The van der Waals surface area contributed by atoms with Crippen molar-refractivity contribution in [3.05, 3.63) is 0 Å². The molecule has 1 aliphatic rings. The van der Waals surface area contributed by atoms with Gasteiger partial charge in [0.05, 0.1) is 5.54 Å². The Morgan fingerprint density at radius 3 is 2.81 bits per heavy atom. The summed E-state index contributed by atoms with van der Waals surface area (Å²) in [5, 5.41) is 0. The fourth-order valence-electron chi connectivity index (χ4n) is 2.42. The van der Waals surface area contributed by atoms with Crippen molar-refractivity contribution in [2.24, 2.45) is 11.5 Å². The minimum absolute atomic E-state index is 0.402. The number of rotatable bonds is 6. The summed E-state index contributed by atoms with van der Waals surface area (Å²) < 4.78 is 0. The van der Waals surface area contributed by atoms with Crippen LogP contribution in [0.25, 0.3) is 0 Å². The van der Waals surface area contributed by atoms with Crippen molar-refractivity contribution < 1.29 is 4.79 Å². The second-order valence-electron chi connectivity index (χ2n) is 5.13. The largest absolute Gasteiger partial charge is 0.368 e. The predicted molar refractivity (Wildman–Crippen MR) is 65.9 cm³/mol. The number of nitrogens with zero attached hydrogens (tertiary/aromatic N) is 1. The van der Waals surface area contributed by atoms with E-state index >= 15 is 0 Å². The Morgan fingerprint density at radius 2 is 2.25 bits per heavy atom. The molecule has 94 valence electrons. The average molecular weight is 227 g/mol. The minimum Gasteiger partial charge on any atom is -0.368 e. The third-order valence-electron chi connectivity index (χ3n) is 3.67. The molecule has 0 spiro atoms. The first-order valence-corrected chi connectivity index (χ1v) is 6.30. The lowest BCUT2D eigenvalue weighted by Gasteiger charge is -2.26. The first kappa shape index (κ1) is 13.5. The summed E-state index contributed by atoms with van der Waals surface area (Å²) in [6, 6.07) is 0.734. The van der Waals surface area contributed by atoms with Crippen LogP contribution in [0.1, 0.15) is 46.0 Å². The van der Waals surface area contributed by atoms with E-state index in [0.717, 1.165) is 19.0 Å². The summed E-state index contributed by atoms with van der Waals surface area (Å²) in [4.78, 5) is 13.6. The normalized spacial score (nSPS) is 25.6. The van der Waals surface area contributed by atoms with E-state index in [1.165, 1.54) is 25.8 Å². The SMILES string of the molecule is CCC1CCCN1CCCC(C)(N)C(N)=O. The molecule has 0 aliphatic carbocycles. The van der Waals surface area contributed by atoms with Crippen molar-refractivity contribution in [2.75, 3.05) is 13.1 Å². The van der Waals surface area contributed by atoms with E-state index in [4.69, 9.17) is 11.5 Å². The highest BCUT2D eigenvalue weighted by Crippen LogP contribution is 2.20. The molecule has 0 bridgehead atoms.